The molecule has 1 atom stereocenters. The molecule has 0 saturated carbocycles. The van der Waals surface area contributed by atoms with Gasteiger partial charge in [-0.25, -0.2) is 9.78 Å². The molecular formula is C20H26N4O5S. The maximum atomic E-state index is 12.6. The molecule has 0 radical (unpaired) electrons. The summed E-state index contributed by atoms with van der Waals surface area (Å²) >= 11 is 1.33. The van der Waals surface area contributed by atoms with E-state index in [0.717, 1.165) is 0 Å². The van der Waals surface area contributed by atoms with Crippen molar-refractivity contribution in [2.24, 2.45) is 5.92 Å². The van der Waals surface area contributed by atoms with E-state index in [9.17, 15) is 19.2 Å². The van der Waals surface area contributed by atoms with E-state index < -0.39 is 17.9 Å². The van der Waals surface area contributed by atoms with Crippen molar-refractivity contribution in [3.63, 3.8) is 0 Å². The quantitative estimate of drug-likeness (QED) is 0.471. The van der Waals surface area contributed by atoms with E-state index in [1.807, 2.05) is 6.07 Å². The predicted octanol–water partition coefficient (Wildman–Crippen LogP) is 0.780. The Hall–Kier alpha value is -2.88. The topological polar surface area (TPSA) is 130 Å². The smallest absolute Gasteiger partial charge is 0.326 e. The van der Waals surface area contributed by atoms with Crippen LogP contribution in [0, 0.1) is 12.8 Å². The number of amides is 2. The lowest BCUT2D eigenvalue weighted by molar-refractivity contribution is -0.143. The normalized spacial score (nSPS) is 12.0. The van der Waals surface area contributed by atoms with Crippen LogP contribution in [-0.4, -0.2) is 56.5 Å². The molecule has 30 heavy (non-hydrogen) atoms. The summed E-state index contributed by atoms with van der Waals surface area (Å²) in [6, 6.07) is 6.16. The van der Waals surface area contributed by atoms with Gasteiger partial charge in [0, 0.05) is 12.3 Å². The van der Waals surface area contributed by atoms with Crippen molar-refractivity contribution in [3.8, 4) is 0 Å². The molecule has 10 heteroatoms. The lowest BCUT2D eigenvalue weighted by atomic mass is 10.1. The first-order chi connectivity index (χ1) is 14.2. The average Bonchev–Trinajstić information content (AvgIpc) is 2.69. The van der Waals surface area contributed by atoms with Gasteiger partial charge in [-0.1, -0.05) is 26.0 Å². The van der Waals surface area contributed by atoms with Crippen molar-refractivity contribution in [3.05, 3.63) is 40.4 Å². The van der Waals surface area contributed by atoms with Gasteiger partial charge in [-0.2, -0.15) is 11.8 Å². The second kappa shape index (κ2) is 10.8. The number of carboxylic acid groups (broad SMARTS) is 1. The number of benzene rings is 1. The molecule has 0 aliphatic rings. The number of nitrogens with one attached hydrogen (secondary N) is 2. The second-order valence-electron chi connectivity index (χ2n) is 7.09. The first-order valence-electron chi connectivity index (χ1n) is 9.53. The Kier molecular flexibility index (Phi) is 8.40. The number of aromatic nitrogens is 2. The molecule has 0 saturated heterocycles. The minimum absolute atomic E-state index is 0.113. The fraction of sp³-hybridized carbons (Fsp3) is 0.450. The molecular weight excluding hydrogens is 408 g/mol. The Morgan fingerprint density at radius 2 is 1.90 bits per heavy atom. The van der Waals surface area contributed by atoms with Crippen LogP contribution in [0.2, 0.25) is 0 Å². The van der Waals surface area contributed by atoms with Gasteiger partial charge in [-0.05, 0) is 25.0 Å². The third-order valence-corrected chi connectivity index (χ3v) is 5.38. The number of carbonyl (C=O) groups is 3. The number of rotatable bonds is 10. The maximum Gasteiger partial charge on any atom is 0.326 e. The minimum Gasteiger partial charge on any atom is -0.480 e. The van der Waals surface area contributed by atoms with Gasteiger partial charge in [0.15, 0.2) is 0 Å². The fourth-order valence-electron chi connectivity index (χ4n) is 2.83. The number of para-hydroxylation sites is 1. The molecule has 1 aromatic carbocycles. The van der Waals surface area contributed by atoms with Gasteiger partial charge in [0.1, 0.15) is 11.9 Å². The van der Waals surface area contributed by atoms with Gasteiger partial charge in [-0.3, -0.25) is 19.0 Å². The number of aliphatic carboxylic acids is 1. The molecule has 1 aromatic heterocycles. The van der Waals surface area contributed by atoms with E-state index in [1.165, 1.54) is 11.8 Å². The van der Waals surface area contributed by atoms with E-state index >= 15 is 0 Å². The van der Waals surface area contributed by atoms with Crippen LogP contribution in [0.4, 0.5) is 0 Å². The van der Waals surface area contributed by atoms with Crippen molar-refractivity contribution in [2.45, 2.75) is 33.4 Å². The number of aryl methyl sites for hydroxylation is 1. The Bertz CT molecular complexity index is 989. The first-order valence-corrected chi connectivity index (χ1v) is 10.7. The third-order valence-electron chi connectivity index (χ3n) is 4.44. The largest absolute Gasteiger partial charge is 0.480 e. The molecule has 9 nitrogen and oxygen atoms in total. The Morgan fingerprint density at radius 3 is 2.57 bits per heavy atom. The monoisotopic (exact) mass is 434 g/mol. The van der Waals surface area contributed by atoms with Crippen molar-refractivity contribution in [1.29, 1.82) is 0 Å². The molecule has 0 aliphatic heterocycles. The van der Waals surface area contributed by atoms with Crippen LogP contribution in [0.3, 0.4) is 0 Å². The number of hydrogen-bond donors (Lipinski definition) is 3. The van der Waals surface area contributed by atoms with Crippen LogP contribution in [0.25, 0.3) is 10.9 Å². The molecule has 0 fully saturated rings. The second-order valence-corrected chi connectivity index (χ2v) is 8.19. The lowest BCUT2D eigenvalue weighted by Gasteiger charge is -2.17. The number of fused-ring (bicyclic) bond motifs is 1. The van der Waals surface area contributed by atoms with Gasteiger partial charge >= 0.3 is 5.97 Å². The SMILES string of the molecule is Cc1nc2ccccc2c(=O)n1CCSCC(=O)NCC(=O)NC(C(=O)O)C(C)C. The molecule has 162 valence electrons. The van der Waals surface area contributed by atoms with Crippen LogP contribution >= 0.6 is 11.8 Å². The predicted molar refractivity (Wildman–Crippen MR) is 115 cm³/mol. The third kappa shape index (κ3) is 6.31. The van der Waals surface area contributed by atoms with Gasteiger partial charge in [-0.15, -0.1) is 0 Å². The van der Waals surface area contributed by atoms with Gasteiger partial charge in [0.05, 0.1) is 23.2 Å². The van der Waals surface area contributed by atoms with E-state index in [1.54, 1.807) is 43.5 Å². The molecule has 0 spiro atoms. The molecule has 2 aromatic rings. The highest BCUT2D eigenvalue weighted by molar-refractivity contribution is 7.99. The van der Waals surface area contributed by atoms with E-state index in [-0.39, 0.29) is 29.7 Å². The maximum absolute atomic E-state index is 12.6. The molecule has 3 N–H and O–H groups in total. The Labute approximate surface area is 178 Å². The lowest BCUT2D eigenvalue weighted by Crippen LogP contribution is -2.48. The van der Waals surface area contributed by atoms with Gasteiger partial charge in [0.25, 0.3) is 5.56 Å². The minimum atomic E-state index is -1.12. The number of hydrogen-bond acceptors (Lipinski definition) is 6. The summed E-state index contributed by atoms with van der Waals surface area (Å²) in [5, 5.41) is 14.5. The molecule has 0 bridgehead atoms. The molecule has 1 unspecified atom stereocenters. The Morgan fingerprint density at radius 1 is 1.20 bits per heavy atom. The summed E-state index contributed by atoms with van der Waals surface area (Å²) in [6.45, 7) is 5.27. The number of thioether (sulfide) groups is 1. The number of carbonyl (C=O) groups excluding carboxylic acids is 2. The summed E-state index contributed by atoms with van der Waals surface area (Å²) in [6.07, 6.45) is 0. The summed E-state index contributed by atoms with van der Waals surface area (Å²) in [5.74, 6) is -1.03. The number of nitrogens with zero attached hydrogens (tertiary/aromatic N) is 2. The van der Waals surface area contributed by atoms with Crippen LogP contribution in [0.1, 0.15) is 19.7 Å². The average molecular weight is 435 g/mol. The first kappa shape index (κ1) is 23.4. The van der Waals surface area contributed by atoms with E-state index in [0.29, 0.717) is 29.0 Å². The van der Waals surface area contributed by atoms with Crippen LogP contribution in [0.5, 0.6) is 0 Å². The standard InChI is InChI=1S/C20H26N4O5S/c1-12(2)18(20(28)29)23-16(25)10-21-17(26)11-30-9-8-24-13(3)22-15-7-5-4-6-14(15)19(24)27/h4-7,12,18H,8-11H2,1-3H3,(H,21,26)(H,23,25)(H,28,29). The Balaban J connectivity index is 1.78. The number of carboxylic acids is 1. The molecule has 1 heterocycles. The zero-order valence-electron chi connectivity index (χ0n) is 17.2. The summed E-state index contributed by atoms with van der Waals surface area (Å²) in [7, 11) is 0. The van der Waals surface area contributed by atoms with Crippen molar-refractivity contribution >= 4 is 40.4 Å². The zero-order valence-corrected chi connectivity index (χ0v) is 18.0. The summed E-state index contributed by atoms with van der Waals surface area (Å²) in [4.78, 5) is 51.8. The van der Waals surface area contributed by atoms with Crippen molar-refractivity contribution in [2.75, 3.05) is 18.1 Å². The molecule has 2 rings (SSSR count). The summed E-state index contributed by atoms with van der Waals surface area (Å²) in [5.41, 5.74) is 0.544. The van der Waals surface area contributed by atoms with Crippen LogP contribution < -0.4 is 16.2 Å². The molecule has 0 aliphatic carbocycles. The van der Waals surface area contributed by atoms with E-state index in [4.69, 9.17) is 5.11 Å². The van der Waals surface area contributed by atoms with Crippen LogP contribution in [-0.2, 0) is 20.9 Å². The van der Waals surface area contributed by atoms with Gasteiger partial charge in [0.2, 0.25) is 11.8 Å². The van der Waals surface area contributed by atoms with Crippen LogP contribution in [0.15, 0.2) is 29.1 Å². The highest BCUT2D eigenvalue weighted by Crippen LogP contribution is 2.08. The van der Waals surface area contributed by atoms with Crippen molar-refractivity contribution in [1.82, 2.24) is 20.2 Å². The fourth-order valence-corrected chi connectivity index (χ4v) is 3.57. The summed E-state index contributed by atoms with van der Waals surface area (Å²) < 4.78 is 1.58. The van der Waals surface area contributed by atoms with E-state index in [2.05, 4.69) is 15.6 Å². The van der Waals surface area contributed by atoms with Gasteiger partial charge < -0.3 is 15.7 Å². The molecule has 2 amide bonds. The van der Waals surface area contributed by atoms with Crippen molar-refractivity contribution < 1.29 is 19.5 Å². The highest BCUT2D eigenvalue weighted by atomic mass is 32.2. The highest BCUT2D eigenvalue weighted by Gasteiger charge is 2.23. The zero-order chi connectivity index (χ0) is 22.3.